The van der Waals surface area contributed by atoms with Crippen LogP contribution in [-0.2, 0) is 9.53 Å². The molecule has 0 atom stereocenters. The lowest BCUT2D eigenvalue weighted by Crippen LogP contribution is -2.54. The lowest BCUT2D eigenvalue weighted by molar-refractivity contribution is -0.158. The SMILES string of the molecule is CC(C)CC1(CNC(=O)C2(C)COC2)CCC1. The van der Waals surface area contributed by atoms with Gasteiger partial charge < -0.3 is 10.1 Å². The van der Waals surface area contributed by atoms with Crippen LogP contribution in [0, 0.1) is 16.7 Å². The average molecular weight is 239 g/mol. The minimum absolute atomic E-state index is 0.179. The van der Waals surface area contributed by atoms with E-state index in [1.54, 1.807) is 0 Å². The number of hydrogen-bond acceptors (Lipinski definition) is 2. The first kappa shape index (κ1) is 12.9. The molecule has 0 unspecified atom stereocenters. The Morgan fingerprint density at radius 3 is 2.35 bits per heavy atom. The van der Waals surface area contributed by atoms with Crippen molar-refractivity contribution < 1.29 is 9.53 Å². The number of ether oxygens (including phenoxy) is 1. The highest BCUT2D eigenvalue weighted by atomic mass is 16.5. The summed E-state index contributed by atoms with van der Waals surface area (Å²) in [5.41, 5.74) is 0.132. The first-order valence-corrected chi connectivity index (χ1v) is 6.82. The van der Waals surface area contributed by atoms with Crippen molar-refractivity contribution in [2.45, 2.75) is 46.5 Å². The van der Waals surface area contributed by atoms with E-state index in [0.717, 1.165) is 12.5 Å². The molecule has 3 heteroatoms. The first-order valence-electron chi connectivity index (χ1n) is 6.82. The molecule has 1 N–H and O–H groups in total. The molecule has 2 aliphatic rings. The van der Waals surface area contributed by atoms with Gasteiger partial charge >= 0.3 is 0 Å². The first-order chi connectivity index (χ1) is 7.96. The Morgan fingerprint density at radius 2 is 2.00 bits per heavy atom. The van der Waals surface area contributed by atoms with Gasteiger partial charge in [-0.2, -0.15) is 0 Å². The predicted octanol–water partition coefficient (Wildman–Crippen LogP) is 2.36. The van der Waals surface area contributed by atoms with Gasteiger partial charge in [0.2, 0.25) is 5.91 Å². The summed E-state index contributed by atoms with van der Waals surface area (Å²) < 4.78 is 5.13. The monoisotopic (exact) mass is 239 g/mol. The fourth-order valence-electron chi connectivity index (χ4n) is 3.02. The van der Waals surface area contributed by atoms with Gasteiger partial charge in [-0.05, 0) is 37.5 Å². The minimum atomic E-state index is -0.261. The Kier molecular flexibility index (Phi) is 3.48. The van der Waals surface area contributed by atoms with Crippen LogP contribution in [0.1, 0.15) is 46.5 Å². The Morgan fingerprint density at radius 1 is 1.35 bits per heavy atom. The molecule has 17 heavy (non-hydrogen) atoms. The fraction of sp³-hybridized carbons (Fsp3) is 0.929. The van der Waals surface area contributed by atoms with E-state index < -0.39 is 0 Å². The zero-order valence-corrected chi connectivity index (χ0v) is 11.3. The van der Waals surface area contributed by atoms with E-state index in [0.29, 0.717) is 18.6 Å². The van der Waals surface area contributed by atoms with Gasteiger partial charge in [0.05, 0.1) is 18.6 Å². The van der Waals surface area contributed by atoms with Crippen molar-refractivity contribution >= 4 is 5.91 Å². The largest absolute Gasteiger partial charge is 0.379 e. The number of nitrogens with one attached hydrogen (secondary N) is 1. The van der Waals surface area contributed by atoms with Crippen LogP contribution < -0.4 is 5.32 Å². The van der Waals surface area contributed by atoms with Gasteiger partial charge in [-0.25, -0.2) is 0 Å². The van der Waals surface area contributed by atoms with Crippen molar-refractivity contribution in [1.82, 2.24) is 5.32 Å². The number of hydrogen-bond donors (Lipinski definition) is 1. The minimum Gasteiger partial charge on any atom is -0.379 e. The second-order valence-electron chi connectivity index (χ2n) is 6.69. The number of rotatable bonds is 5. The quantitative estimate of drug-likeness (QED) is 0.800. The van der Waals surface area contributed by atoms with Crippen molar-refractivity contribution in [2.24, 2.45) is 16.7 Å². The lowest BCUT2D eigenvalue weighted by atomic mass is 9.64. The zero-order chi connectivity index (χ0) is 12.5. The van der Waals surface area contributed by atoms with E-state index in [1.807, 2.05) is 6.92 Å². The van der Waals surface area contributed by atoms with Crippen molar-refractivity contribution in [2.75, 3.05) is 19.8 Å². The molecule has 1 saturated heterocycles. The molecule has 2 fully saturated rings. The highest BCUT2D eigenvalue weighted by Crippen LogP contribution is 2.45. The zero-order valence-electron chi connectivity index (χ0n) is 11.3. The standard InChI is InChI=1S/C14H25NO2/c1-11(2)7-14(5-4-6-14)8-15-12(16)13(3)9-17-10-13/h11H,4-10H2,1-3H3,(H,15,16). The van der Waals surface area contributed by atoms with Gasteiger partial charge in [-0.1, -0.05) is 20.3 Å². The maximum atomic E-state index is 12.0. The Labute approximate surface area is 104 Å². The van der Waals surface area contributed by atoms with Crippen LogP contribution in [0.15, 0.2) is 0 Å². The predicted molar refractivity (Wildman–Crippen MR) is 67.7 cm³/mol. The maximum absolute atomic E-state index is 12.0. The van der Waals surface area contributed by atoms with E-state index in [9.17, 15) is 4.79 Å². The van der Waals surface area contributed by atoms with Gasteiger partial charge in [0.1, 0.15) is 0 Å². The summed E-state index contributed by atoms with van der Waals surface area (Å²) in [5.74, 6) is 0.897. The molecule has 98 valence electrons. The number of amides is 1. The molecule has 0 spiro atoms. The molecular weight excluding hydrogens is 214 g/mol. The summed E-state index contributed by atoms with van der Waals surface area (Å²) in [5, 5.41) is 3.15. The fourth-order valence-corrected chi connectivity index (χ4v) is 3.02. The van der Waals surface area contributed by atoms with Crippen LogP contribution >= 0.6 is 0 Å². The van der Waals surface area contributed by atoms with Crippen molar-refractivity contribution in [3.8, 4) is 0 Å². The Bertz CT molecular complexity index is 291. The van der Waals surface area contributed by atoms with Crippen molar-refractivity contribution in [3.05, 3.63) is 0 Å². The smallest absolute Gasteiger partial charge is 0.230 e. The second kappa shape index (κ2) is 4.60. The Hall–Kier alpha value is -0.570. The average Bonchev–Trinajstić information content (AvgIpc) is 2.17. The van der Waals surface area contributed by atoms with Crippen LogP contribution in [0.2, 0.25) is 0 Å². The topological polar surface area (TPSA) is 38.3 Å². The highest BCUT2D eigenvalue weighted by Gasteiger charge is 2.43. The van der Waals surface area contributed by atoms with Crippen LogP contribution in [0.25, 0.3) is 0 Å². The molecule has 2 rings (SSSR count). The molecule has 1 saturated carbocycles. The number of carbonyl (C=O) groups excluding carboxylic acids is 1. The molecule has 0 bridgehead atoms. The molecular formula is C14H25NO2. The molecule has 0 aromatic heterocycles. The molecule has 1 amide bonds. The number of carbonyl (C=O) groups is 1. The molecule has 1 heterocycles. The van der Waals surface area contributed by atoms with Crippen molar-refractivity contribution in [3.63, 3.8) is 0 Å². The van der Waals surface area contributed by atoms with Crippen LogP contribution in [-0.4, -0.2) is 25.7 Å². The molecule has 0 aromatic rings. The van der Waals surface area contributed by atoms with Gasteiger partial charge in [0.15, 0.2) is 0 Å². The molecule has 1 aliphatic carbocycles. The van der Waals surface area contributed by atoms with Gasteiger partial charge in [-0.3, -0.25) is 4.79 Å². The van der Waals surface area contributed by atoms with E-state index >= 15 is 0 Å². The lowest BCUT2D eigenvalue weighted by Gasteiger charge is -2.45. The van der Waals surface area contributed by atoms with E-state index in [4.69, 9.17) is 4.74 Å². The van der Waals surface area contributed by atoms with E-state index in [2.05, 4.69) is 19.2 Å². The normalized spacial score (nSPS) is 24.9. The van der Waals surface area contributed by atoms with Crippen LogP contribution in [0.3, 0.4) is 0 Å². The summed E-state index contributed by atoms with van der Waals surface area (Å²) in [6.07, 6.45) is 5.11. The summed E-state index contributed by atoms with van der Waals surface area (Å²) >= 11 is 0. The van der Waals surface area contributed by atoms with Crippen molar-refractivity contribution in [1.29, 1.82) is 0 Å². The molecule has 0 aromatic carbocycles. The third-order valence-electron chi connectivity index (χ3n) is 4.27. The van der Waals surface area contributed by atoms with E-state index in [1.165, 1.54) is 25.7 Å². The summed E-state index contributed by atoms with van der Waals surface area (Å²) in [7, 11) is 0. The van der Waals surface area contributed by atoms with E-state index in [-0.39, 0.29) is 11.3 Å². The van der Waals surface area contributed by atoms with Gasteiger partial charge in [0, 0.05) is 6.54 Å². The summed E-state index contributed by atoms with van der Waals surface area (Å²) in [4.78, 5) is 12.0. The van der Waals surface area contributed by atoms with Gasteiger partial charge in [0.25, 0.3) is 0 Å². The summed E-state index contributed by atoms with van der Waals surface area (Å²) in [6.45, 7) is 8.54. The molecule has 1 aliphatic heterocycles. The second-order valence-corrected chi connectivity index (χ2v) is 6.69. The highest BCUT2D eigenvalue weighted by molar-refractivity contribution is 5.83. The van der Waals surface area contributed by atoms with Crippen LogP contribution in [0.5, 0.6) is 0 Å². The summed E-state index contributed by atoms with van der Waals surface area (Å²) in [6, 6.07) is 0. The van der Waals surface area contributed by atoms with Crippen LogP contribution in [0.4, 0.5) is 0 Å². The molecule has 0 radical (unpaired) electrons. The third-order valence-corrected chi connectivity index (χ3v) is 4.27. The Balaban J connectivity index is 1.82. The van der Waals surface area contributed by atoms with Gasteiger partial charge in [-0.15, -0.1) is 0 Å². The third kappa shape index (κ3) is 2.65. The maximum Gasteiger partial charge on any atom is 0.230 e. The molecule has 3 nitrogen and oxygen atoms in total.